The van der Waals surface area contributed by atoms with Gasteiger partial charge >= 0.3 is 5.97 Å². The van der Waals surface area contributed by atoms with Gasteiger partial charge < -0.3 is 23.4 Å². The lowest BCUT2D eigenvalue weighted by atomic mass is 9.46. The van der Waals surface area contributed by atoms with Crippen molar-refractivity contribution in [2.24, 2.45) is 17.3 Å². The molecular weight excluding hydrogens is 436 g/mol. The van der Waals surface area contributed by atoms with Gasteiger partial charge in [0.15, 0.2) is 13.9 Å². The third-order valence-electron chi connectivity index (χ3n) is 11.3. The third-order valence-corrected chi connectivity index (χ3v) is 15.7. The molecule has 7 aliphatic rings. The number of esters is 1. The highest BCUT2D eigenvalue weighted by atomic mass is 28.4. The molecular formula is C26H38O6Si. The maximum Gasteiger partial charge on any atom is 0.334 e. The first-order valence-electron chi connectivity index (χ1n) is 12.9. The van der Waals surface area contributed by atoms with Crippen LogP contribution in [0.4, 0.5) is 0 Å². The van der Waals surface area contributed by atoms with Crippen LogP contribution in [0.15, 0.2) is 11.1 Å². The molecule has 4 heterocycles. The third kappa shape index (κ3) is 2.09. The van der Waals surface area contributed by atoms with E-state index in [1.807, 2.05) is 0 Å². The molecule has 2 spiro atoms. The topological polar surface area (TPSA) is 73.1 Å². The van der Waals surface area contributed by atoms with Crippen molar-refractivity contribution >= 4 is 14.3 Å². The zero-order valence-electron chi connectivity index (χ0n) is 21.2. The summed E-state index contributed by atoms with van der Waals surface area (Å²) in [5, 5.41) is 0.0954. The van der Waals surface area contributed by atoms with Gasteiger partial charge in [-0.1, -0.05) is 41.5 Å². The molecule has 0 bridgehead atoms. The first-order valence-corrected chi connectivity index (χ1v) is 15.8. The number of carbonyl (C=O) groups excluding carboxylic acids is 1. The van der Waals surface area contributed by atoms with Crippen molar-refractivity contribution in [2.75, 3.05) is 6.61 Å². The molecule has 6 nitrogen and oxygen atoms in total. The van der Waals surface area contributed by atoms with Gasteiger partial charge in [-0.25, -0.2) is 4.79 Å². The van der Waals surface area contributed by atoms with Crippen LogP contribution in [0.3, 0.4) is 0 Å². The van der Waals surface area contributed by atoms with Crippen LogP contribution in [0.5, 0.6) is 0 Å². The molecule has 1 unspecified atom stereocenters. The standard InChI is InChI=1S/C26H38O6Si/c1-13(2)24-18(30-24)19-26(31-19)23(6)10-9-14-15(12-28-20(14)27)16(23)11-17-25(26,29-17)21(24)32-33(7,8)22(3,4)5/h13,16-19,21H,9-12H2,1-8H3/t16-,17-,18-,19-,21?,23-,24-,25+,26+/m0/s1. The summed E-state index contributed by atoms with van der Waals surface area (Å²) in [7, 11) is -2.10. The molecule has 5 fully saturated rings. The number of epoxide rings is 3. The van der Waals surface area contributed by atoms with E-state index in [0.717, 1.165) is 24.8 Å². The van der Waals surface area contributed by atoms with Gasteiger partial charge in [-0.2, -0.15) is 0 Å². The summed E-state index contributed by atoms with van der Waals surface area (Å²) in [5.74, 6) is 0.474. The lowest BCUT2D eigenvalue weighted by molar-refractivity contribution is -0.136. The Balaban J connectivity index is 1.36. The van der Waals surface area contributed by atoms with Crippen LogP contribution >= 0.6 is 0 Å². The Bertz CT molecular complexity index is 1010. The summed E-state index contributed by atoms with van der Waals surface area (Å²) >= 11 is 0. The summed E-state index contributed by atoms with van der Waals surface area (Å²) in [6.45, 7) is 18.9. The lowest BCUT2D eigenvalue weighted by Gasteiger charge is -2.55. The molecule has 0 aromatic carbocycles. The van der Waals surface area contributed by atoms with Crippen molar-refractivity contribution in [2.45, 2.75) is 120 Å². The Morgan fingerprint density at radius 2 is 1.85 bits per heavy atom. The highest BCUT2D eigenvalue weighted by Crippen LogP contribution is 2.83. The molecule has 4 aliphatic heterocycles. The molecule has 9 atom stereocenters. The largest absolute Gasteiger partial charge is 0.458 e. The molecule has 3 aliphatic carbocycles. The highest BCUT2D eigenvalue weighted by Gasteiger charge is 3.00. The highest BCUT2D eigenvalue weighted by molar-refractivity contribution is 6.74. The van der Waals surface area contributed by atoms with Crippen LogP contribution in [0, 0.1) is 17.3 Å². The number of hydrogen-bond acceptors (Lipinski definition) is 6. The van der Waals surface area contributed by atoms with E-state index < -0.39 is 19.5 Å². The van der Waals surface area contributed by atoms with Crippen LogP contribution in [0.2, 0.25) is 18.1 Å². The second kappa shape index (κ2) is 5.64. The average molecular weight is 475 g/mol. The Labute approximate surface area is 197 Å². The fourth-order valence-corrected chi connectivity index (χ4v) is 9.62. The van der Waals surface area contributed by atoms with E-state index in [4.69, 9.17) is 23.4 Å². The summed E-state index contributed by atoms with van der Waals surface area (Å²) < 4.78 is 33.2. The van der Waals surface area contributed by atoms with Crippen molar-refractivity contribution in [3.05, 3.63) is 11.1 Å². The number of cyclic esters (lactones) is 1. The smallest absolute Gasteiger partial charge is 0.334 e. The van der Waals surface area contributed by atoms with Gasteiger partial charge in [0.05, 0.1) is 6.10 Å². The summed E-state index contributed by atoms with van der Waals surface area (Å²) in [4.78, 5) is 12.4. The molecule has 0 radical (unpaired) electrons. The Kier molecular flexibility index (Phi) is 3.68. The average Bonchev–Trinajstić information content (AvgIpc) is 3.60. The van der Waals surface area contributed by atoms with Crippen LogP contribution in [-0.2, 0) is 28.2 Å². The SMILES string of the molecule is CC(C)[C@]12O[C@H]1[C@@H]1O[C@@]13[C@@]1(C)CCC4=C(COC4=O)[C@@H]1C[C@@H]1O[C@@]13C2O[Si](C)(C)C(C)(C)C. The molecule has 0 amide bonds. The van der Waals surface area contributed by atoms with Gasteiger partial charge in [-0.3, -0.25) is 0 Å². The van der Waals surface area contributed by atoms with E-state index in [0.29, 0.717) is 12.5 Å². The number of carbonyl (C=O) groups is 1. The Morgan fingerprint density at radius 1 is 1.12 bits per heavy atom. The van der Waals surface area contributed by atoms with E-state index in [-0.39, 0.29) is 52.4 Å². The Morgan fingerprint density at radius 3 is 2.52 bits per heavy atom. The van der Waals surface area contributed by atoms with E-state index in [2.05, 4.69) is 54.6 Å². The molecule has 7 rings (SSSR count). The monoisotopic (exact) mass is 474 g/mol. The molecule has 3 saturated heterocycles. The minimum atomic E-state index is -2.10. The number of hydrogen-bond donors (Lipinski definition) is 0. The fraction of sp³-hybridized carbons (Fsp3) is 0.885. The summed E-state index contributed by atoms with van der Waals surface area (Å²) in [5.41, 5.74) is 0.844. The first-order chi connectivity index (χ1) is 15.3. The fourth-order valence-electron chi connectivity index (χ4n) is 8.31. The molecule has 0 aromatic heterocycles. The van der Waals surface area contributed by atoms with Crippen molar-refractivity contribution in [1.29, 1.82) is 0 Å². The van der Waals surface area contributed by atoms with Gasteiger partial charge in [0.1, 0.15) is 36.1 Å². The molecule has 0 aromatic rings. The van der Waals surface area contributed by atoms with E-state index in [1.165, 1.54) is 5.57 Å². The van der Waals surface area contributed by atoms with E-state index >= 15 is 0 Å². The maximum atomic E-state index is 12.4. The summed E-state index contributed by atoms with van der Waals surface area (Å²) in [6.07, 6.45) is 2.70. The minimum Gasteiger partial charge on any atom is -0.458 e. The van der Waals surface area contributed by atoms with Gasteiger partial charge in [0.25, 0.3) is 0 Å². The van der Waals surface area contributed by atoms with Crippen molar-refractivity contribution in [3.63, 3.8) is 0 Å². The van der Waals surface area contributed by atoms with Crippen LogP contribution in [0.25, 0.3) is 0 Å². The zero-order chi connectivity index (χ0) is 23.6. The van der Waals surface area contributed by atoms with Crippen LogP contribution in [-0.4, -0.2) is 62.1 Å². The second-order valence-corrected chi connectivity index (χ2v) is 18.5. The van der Waals surface area contributed by atoms with Crippen molar-refractivity contribution in [3.8, 4) is 0 Å². The molecule has 7 heteroatoms. The zero-order valence-corrected chi connectivity index (χ0v) is 22.2. The predicted octanol–water partition coefficient (Wildman–Crippen LogP) is 4.13. The molecule has 2 saturated carbocycles. The van der Waals surface area contributed by atoms with Crippen molar-refractivity contribution < 1.29 is 28.2 Å². The van der Waals surface area contributed by atoms with Crippen LogP contribution in [0.1, 0.15) is 60.8 Å². The minimum absolute atomic E-state index is 0.0529. The van der Waals surface area contributed by atoms with Crippen LogP contribution < -0.4 is 0 Å². The number of ether oxygens (including phenoxy) is 4. The predicted molar refractivity (Wildman–Crippen MR) is 123 cm³/mol. The van der Waals surface area contributed by atoms with Crippen molar-refractivity contribution in [1.82, 2.24) is 0 Å². The van der Waals surface area contributed by atoms with Gasteiger partial charge in [0, 0.05) is 11.0 Å². The molecule has 0 N–H and O–H groups in total. The number of fused-ring (bicyclic) bond motifs is 4. The van der Waals surface area contributed by atoms with E-state index in [9.17, 15) is 4.79 Å². The normalized spacial score (nSPS) is 53.4. The maximum absolute atomic E-state index is 12.4. The number of rotatable bonds is 3. The summed E-state index contributed by atoms with van der Waals surface area (Å²) in [6, 6.07) is 0. The molecule has 182 valence electrons. The molecule has 33 heavy (non-hydrogen) atoms. The Hall–Kier alpha value is -0.733. The first kappa shape index (κ1) is 21.5. The van der Waals surface area contributed by atoms with Gasteiger partial charge in [-0.05, 0) is 54.8 Å². The van der Waals surface area contributed by atoms with E-state index in [1.54, 1.807) is 0 Å². The second-order valence-electron chi connectivity index (χ2n) is 13.8. The quantitative estimate of drug-likeness (QED) is 0.348. The van der Waals surface area contributed by atoms with Gasteiger partial charge in [0.2, 0.25) is 0 Å². The van der Waals surface area contributed by atoms with Gasteiger partial charge in [-0.15, -0.1) is 0 Å². The lowest BCUT2D eigenvalue weighted by Crippen LogP contribution is -2.71.